The topological polar surface area (TPSA) is 94.0 Å². The van der Waals surface area contributed by atoms with Gasteiger partial charge in [0.25, 0.3) is 0 Å². The molecule has 5 heteroatoms. The lowest BCUT2D eigenvalue weighted by Gasteiger charge is -2.06. The molecule has 94 valence electrons. The standard InChI is InChI=1S/C13H16N4O/c14-7-10-3-1-2-9-6-11(17-8-12(9)10)4-5-16-13(15)18/h1-3,6,8H,4-5,7,14H2,(H3,15,16,18). The van der Waals surface area contributed by atoms with Gasteiger partial charge in [0.05, 0.1) is 0 Å². The molecule has 18 heavy (non-hydrogen) atoms. The molecule has 0 unspecified atom stereocenters. The molecule has 1 heterocycles. The Labute approximate surface area is 105 Å². The summed E-state index contributed by atoms with van der Waals surface area (Å²) in [5.74, 6) is 0. The Morgan fingerprint density at radius 2 is 2.22 bits per heavy atom. The number of nitrogens with two attached hydrogens (primary N) is 2. The lowest BCUT2D eigenvalue weighted by Crippen LogP contribution is -2.31. The molecule has 2 aromatic rings. The average Bonchev–Trinajstić information content (AvgIpc) is 2.37. The first-order chi connectivity index (χ1) is 8.70. The molecule has 0 aliphatic rings. The lowest BCUT2D eigenvalue weighted by atomic mass is 10.1. The van der Waals surface area contributed by atoms with E-state index in [4.69, 9.17) is 11.5 Å². The first-order valence-corrected chi connectivity index (χ1v) is 5.80. The van der Waals surface area contributed by atoms with Crippen LogP contribution in [0.3, 0.4) is 0 Å². The third-order valence-corrected chi connectivity index (χ3v) is 2.81. The summed E-state index contributed by atoms with van der Waals surface area (Å²) < 4.78 is 0. The molecule has 0 radical (unpaired) electrons. The maximum atomic E-state index is 10.6. The highest BCUT2D eigenvalue weighted by Gasteiger charge is 2.02. The van der Waals surface area contributed by atoms with Crippen LogP contribution in [0.4, 0.5) is 4.79 Å². The first kappa shape index (κ1) is 12.3. The van der Waals surface area contributed by atoms with Gasteiger partial charge in [-0.2, -0.15) is 0 Å². The van der Waals surface area contributed by atoms with Crippen LogP contribution in [0.1, 0.15) is 11.3 Å². The van der Waals surface area contributed by atoms with E-state index in [9.17, 15) is 4.79 Å². The van der Waals surface area contributed by atoms with Gasteiger partial charge in [-0.1, -0.05) is 18.2 Å². The Morgan fingerprint density at radius 3 is 2.94 bits per heavy atom. The average molecular weight is 244 g/mol. The number of hydrogen-bond acceptors (Lipinski definition) is 3. The number of hydrogen-bond donors (Lipinski definition) is 3. The fourth-order valence-electron chi connectivity index (χ4n) is 1.91. The fourth-order valence-corrected chi connectivity index (χ4v) is 1.91. The minimum atomic E-state index is -0.513. The molecule has 5 N–H and O–H groups in total. The molecule has 0 atom stereocenters. The number of benzene rings is 1. The van der Waals surface area contributed by atoms with Crippen molar-refractivity contribution in [3.63, 3.8) is 0 Å². The van der Waals surface area contributed by atoms with E-state index in [1.165, 1.54) is 0 Å². The van der Waals surface area contributed by atoms with Crippen molar-refractivity contribution >= 4 is 16.8 Å². The Morgan fingerprint density at radius 1 is 1.39 bits per heavy atom. The zero-order valence-electron chi connectivity index (χ0n) is 10.0. The van der Waals surface area contributed by atoms with E-state index in [1.807, 2.05) is 30.5 Å². The third-order valence-electron chi connectivity index (χ3n) is 2.81. The van der Waals surface area contributed by atoms with Crippen LogP contribution >= 0.6 is 0 Å². The van der Waals surface area contributed by atoms with Crippen molar-refractivity contribution in [2.75, 3.05) is 6.54 Å². The van der Waals surface area contributed by atoms with Crippen LogP contribution in [0.2, 0.25) is 0 Å². The molecule has 0 saturated carbocycles. The van der Waals surface area contributed by atoms with Gasteiger partial charge < -0.3 is 16.8 Å². The summed E-state index contributed by atoms with van der Waals surface area (Å²) in [6.07, 6.45) is 2.49. The zero-order chi connectivity index (χ0) is 13.0. The molecule has 2 amide bonds. The monoisotopic (exact) mass is 244 g/mol. The van der Waals surface area contributed by atoms with Crippen LogP contribution in [0.15, 0.2) is 30.5 Å². The number of aromatic nitrogens is 1. The summed E-state index contributed by atoms with van der Waals surface area (Å²) in [4.78, 5) is 14.9. The summed E-state index contributed by atoms with van der Waals surface area (Å²) in [7, 11) is 0. The van der Waals surface area contributed by atoms with Gasteiger partial charge in [-0.05, 0) is 17.0 Å². The SMILES string of the molecule is NCc1cccc2cc(CCNC(N)=O)ncc12. The van der Waals surface area contributed by atoms with E-state index < -0.39 is 6.03 Å². The predicted octanol–water partition coefficient (Wildman–Crippen LogP) is 0.904. The highest BCUT2D eigenvalue weighted by Crippen LogP contribution is 2.18. The van der Waals surface area contributed by atoms with E-state index in [2.05, 4.69) is 10.3 Å². The Balaban J connectivity index is 2.20. The molecule has 1 aromatic heterocycles. The smallest absolute Gasteiger partial charge is 0.312 e. The van der Waals surface area contributed by atoms with E-state index >= 15 is 0 Å². The number of primary amides is 1. The number of nitrogens with one attached hydrogen (secondary N) is 1. The van der Waals surface area contributed by atoms with Gasteiger partial charge >= 0.3 is 6.03 Å². The second-order valence-corrected chi connectivity index (χ2v) is 4.06. The Hall–Kier alpha value is -2.14. The van der Waals surface area contributed by atoms with Crippen LogP contribution in [-0.2, 0) is 13.0 Å². The molecule has 0 saturated heterocycles. The number of pyridine rings is 1. The summed E-state index contributed by atoms with van der Waals surface area (Å²) in [6, 6.07) is 7.51. The molecular weight excluding hydrogens is 228 g/mol. The summed E-state index contributed by atoms with van der Waals surface area (Å²) >= 11 is 0. The largest absolute Gasteiger partial charge is 0.352 e. The normalized spacial score (nSPS) is 10.5. The molecule has 0 fully saturated rings. The third kappa shape index (κ3) is 2.75. The van der Waals surface area contributed by atoms with Crippen molar-refractivity contribution in [2.45, 2.75) is 13.0 Å². The molecule has 0 spiro atoms. The maximum Gasteiger partial charge on any atom is 0.312 e. The van der Waals surface area contributed by atoms with Gasteiger partial charge in [0.2, 0.25) is 0 Å². The highest BCUT2D eigenvalue weighted by molar-refractivity contribution is 5.85. The Bertz CT molecular complexity index is 568. The van der Waals surface area contributed by atoms with Crippen LogP contribution in [0.5, 0.6) is 0 Å². The molecule has 1 aromatic carbocycles. The first-order valence-electron chi connectivity index (χ1n) is 5.80. The zero-order valence-corrected chi connectivity index (χ0v) is 10.0. The number of carbonyl (C=O) groups excluding carboxylic acids is 1. The number of amides is 2. The highest BCUT2D eigenvalue weighted by atomic mass is 16.2. The number of rotatable bonds is 4. The molecule has 0 bridgehead atoms. The van der Waals surface area contributed by atoms with Crippen molar-refractivity contribution in [3.05, 3.63) is 41.7 Å². The van der Waals surface area contributed by atoms with Crippen molar-refractivity contribution in [3.8, 4) is 0 Å². The van der Waals surface area contributed by atoms with Gasteiger partial charge in [-0.15, -0.1) is 0 Å². The predicted molar refractivity (Wildman–Crippen MR) is 70.9 cm³/mol. The lowest BCUT2D eigenvalue weighted by molar-refractivity contribution is 0.249. The van der Waals surface area contributed by atoms with Crippen LogP contribution < -0.4 is 16.8 Å². The maximum absolute atomic E-state index is 10.6. The summed E-state index contributed by atoms with van der Waals surface area (Å²) in [6.45, 7) is 0.992. The minimum absolute atomic E-state index is 0.490. The molecular formula is C13H16N4O. The van der Waals surface area contributed by atoms with E-state index in [-0.39, 0.29) is 0 Å². The van der Waals surface area contributed by atoms with E-state index in [0.29, 0.717) is 19.5 Å². The second-order valence-electron chi connectivity index (χ2n) is 4.06. The van der Waals surface area contributed by atoms with E-state index in [1.54, 1.807) is 0 Å². The van der Waals surface area contributed by atoms with Crippen LogP contribution in [0.25, 0.3) is 10.8 Å². The van der Waals surface area contributed by atoms with Gasteiger partial charge in [0.15, 0.2) is 0 Å². The van der Waals surface area contributed by atoms with Crippen molar-refractivity contribution in [1.82, 2.24) is 10.3 Å². The van der Waals surface area contributed by atoms with Crippen molar-refractivity contribution in [1.29, 1.82) is 0 Å². The van der Waals surface area contributed by atoms with Crippen LogP contribution in [0, 0.1) is 0 Å². The van der Waals surface area contributed by atoms with Gasteiger partial charge in [0, 0.05) is 36.8 Å². The molecule has 0 aliphatic carbocycles. The van der Waals surface area contributed by atoms with E-state index in [0.717, 1.165) is 22.0 Å². The minimum Gasteiger partial charge on any atom is -0.352 e. The quantitative estimate of drug-likeness (QED) is 0.746. The van der Waals surface area contributed by atoms with Crippen LogP contribution in [-0.4, -0.2) is 17.6 Å². The molecule has 2 rings (SSSR count). The summed E-state index contributed by atoms with van der Waals surface area (Å²) in [5.41, 5.74) is 12.7. The second kappa shape index (κ2) is 5.46. The summed E-state index contributed by atoms with van der Waals surface area (Å²) in [5, 5.41) is 4.73. The number of nitrogens with zero attached hydrogens (tertiary/aromatic N) is 1. The number of carbonyl (C=O) groups is 1. The fraction of sp³-hybridized carbons (Fsp3) is 0.231. The number of fused-ring (bicyclic) bond motifs is 1. The molecule has 5 nitrogen and oxygen atoms in total. The van der Waals surface area contributed by atoms with Gasteiger partial charge in [0.1, 0.15) is 0 Å². The number of urea groups is 1. The molecule has 0 aliphatic heterocycles. The Kier molecular flexibility index (Phi) is 3.74. The van der Waals surface area contributed by atoms with Gasteiger partial charge in [-0.25, -0.2) is 4.79 Å². The van der Waals surface area contributed by atoms with Crippen molar-refractivity contribution in [2.24, 2.45) is 11.5 Å². The van der Waals surface area contributed by atoms with Gasteiger partial charge in [-0.3, -0.25) is 4.98 Å². The van der Waals surface area contributed by atoms with Crippen molar-refractivity contribution < 1.29 is 4.79 Å².